The summed E-state index contributed by atoms with van der Waals surface area (Å²) in [4.78, 5) is 11.7. The van der Waals surface area contributed by atoms with Crippen molar-refractivity contribution >= 4 is 5.78 Å². The van der Waals surface area contributed by atoms with Crippen molar-refractivity contribution in [3.63, 3.8) is 0 Å². The number of Topliss-reactive ketones (excluding diaryl/α,β-unsaturated/α-hetero) is 1. The molecule has 1 rings (SSSR count). The van der Waals surface area contributed by atoms with E-state index < -0.39 is 0 Å². The Kier molecular flexibility index (Phi) is 7.48. The van der Waals surface area contributed by atoms with Gasteiger partial charge in [-0.1, -0.05) is 45.4 Å². The van der Waals surface area contributed by atoms with Crippen LogP contribution in [0.4, 0.5) is 0 Å². The first-order chi connectivity index (χ1) is 7.84. The quantitative estimate of drug-likeness (QED) is 0.609. The average molecular weight is 225 g/mol. The second-order valence-corrected chi connectivity index (χ2v) is 4.99. The number of hydrogen-bond donors (Lipinski definition) is 1. The van der Waals surface area contributed by atoms with Gasteiger partial charge in [-0.05, 0) is 25.8 Å². The molecule has 0 amide bonds. The molecule has 0 radical (unpaired) electrons. The molecule has 1 atom stereocenters. The van der Waals surface area contributed by atoms with Crippen LogP contribution >= 0.6 is 0 Å². The smallest absolute Gasteiger partial charge is 0.149 e. The summed E-state index contributed by atoms with van der Waals surface area (Å²) in [5, 5.41) is 3.28. The highest BCUT2D eigenvalue weighted by molar-refractivity contribution is 5.84. The summed E-state index contributed by atoms with van der Waals surface area (Å²) in [5.74, 6) is 0.450. The van der Waals surface area contributed by atoms with E-state index in [-0.39, 0.29) is 6.04 Å². The molecule has 2 heteroatoms. The van der Waals surface area contributed by atoms with Crippen LogP contribution < -0.4 is 5.32 Å². The van der Waals surface area contributed by atoms with E-state index in [0.29, 0.717) is 5.78 Å². The summed E-state index contributed by atoms with van der Waals surface area (Å²) in [6, 6.07) is 0.195. The van der Waals surface area contributed by atoms with Crippen molar-refractivity contribution < 1.29 is 4.79 Å². The molecule has 94 valence electrons. The van der Waals surface area contributed by atoms with E-state index in [4.69, 9.17) is 0 Å². The van der Waals surface area contributed by atoms with Gasteiger partial charge in [0.1, 0.15) is 5.78 Å². The van der Waals surface area contributed by atoms with E-state index >= 15 is 0 Å². The van der Waals surface area contributed by atoms with Gasteiger partial charge in [0.05, 0.1) is 6.04 Å². The van der Waals surface area contributed by atoms with E-state index in [1.165, 1.54) is 44.9 Å². The zero-order valence-electron chi connectivity index (χ0n) is 10.8. The van der Waals surface area contributed by atoms with Gasteiger partial charge in [-0.25, -0.2) is 0 Å². The summed E-state index contributed by atoms with van der Waals surface area (Å²) in [5.41, 5.74) is 0. The van der Waals surface area contributed by atoms with Crippen molar-refractivity contribution in [3.05, 3.63) is 0 Å². The van der Waals surface area contributed by atoms with Gasteiger partial charge in [0, 0.05) is 6.42 Å². The van der Waals surface area contributed by atoms with Gasteiger partial charge in [-0.3, -0.25) is 4.79 Å². The van der Waals surface area contributed by atoms with Gasteiger partial charge in [0.2, 0.25) is 0 Å². The molecule has 0 aromatic rings. The van der Waals surface area contributed by atoms with Crippen molar-refractivity contribution in [2.24, 2.45) is 0 Å². The van der Waals surface area contributed by atoms with Crippen LogP contribution in [-0.2, 0) is 4.79 Å². The molecule has 1 saturated heterocycles. The summed E-state index contributed by atoms with van der Waals surface area (Å²) in [6.07, 6.45) is 12.1. The standard InChI is InChI=1S/C14H27NO/c1-2-3-4-5-6-7-8-11-14(16)13-10-9-12-15-13/h13,15H,2-12H2,1H3. The molecular formula is C14H27NO. The normalized spacial score (nSPS) is 20.2. The Hall–Kier alpha value is -0.370. The van der Waals surface area contributed by atoms with Crippen molar-refractivity contribution in [1.82, 2.24) is 5.32 Å². The minimum absolute atomic E-state index is 0.195. The fraction of sp³-hybridized carbons (Fsp3) is 0.929. The number of unbranched alkanes of at least 4 members (excludes halogenated alkanes) is 6. The molecular weight excluding hydrogens is 198 g/mol. The highest BCUT2D eigenvalue weighted by Crippen LogP contribution is 2.12. The third-order valence-electron chi connectivity index (χ3n) is 3.48. The number of carbonyl (C=O) groups excluding carboxylic acids is 1. The summed E-state index contributed by atoms with van der Waals surface area (Å²) in [6.45, 7) is 3.28. The lowest BCUT2D eigenvalue weighted by Crippen LogP contribution is -2.30. The molecule has 0 bridgehead atoms. The van der Waals surface area contributed by atoms with Crippen LogP contribution in [0.1, 0.15) is 71.1 Å². The Morgan fingerprint density at radius 3 is 2.44 bits per heavy atom. The van der Waals surface area contributed by atoms with Crippen LogP contribution in [0.15, 0.2) is 0 Å². The molecule has 0 aliphatic carbocycles. The van der Waals surface area contributed by atoms with E-state index in [2.05, 4.69) is 12.2 Å². The largest absolute Gasteiger partial charge is 0.307 e. The molecule has 0 saturated carbocycles. The lowest BCUT2D eigenvalue weighted by atomic mass is 10.0. The van der Waals surface area contributed by atoms with Crippen LogP contribution in [0.2, 0.25) is 0 Å². The third-order valence-corrected chi connectivity index (χ3v) is 3.48. The molecule has 0 aromatic carbocycles. The number of hydrogen-bond acceptors (Lipinski definition) is 2. The Balaban J connectivity index is 1.88. The molecule has 1 fully saturated rings. The first kappa shape index (κ1) is 13.7. The van der Waals surface area contributed by atoms with E-state index in [1.54, 1.807) is 0 Å². The minimum atomic E-state index is 0.195. The fourth-order valence-electron chi connectivity index (χ4n) is 2.39. The predicted octanol–water partition coefficient (Wildman–Crippen LogP) is 3.45. The molecule has 0 aromatic heterocycles. The zero-order chi connectivity index (χ0) is 11.6. The van der Waals surface area contributed by atoms with Crippen molar-refractivity contribution in [3.8, 4) is 0 Å². The maximum absolute atomic E-state index is 11.7. The first-order valence-electron chi connectivity index (χ1n) is 7.10. The van der Waals surface area contributed by atoms with Crippen molar-refractivity contribution in [2.45, 2.75) is 77.2 Å². The second kappa shape index (κ2) is 8.74. The van der Waals surface area contributed by atoms with E-state index in [0.717, 1.165) is 25.8 Å². The SMILES string of the molecule is CCCCCCCCCC(=O)C1CCCN1. The van der Waals surface area contributed by atoms with Crippen molar-refractivity contribution in [2.75, 3.05) is 6.54 Å². The number of ketones is 1. The molecule has 1 aliphatic rings. The van der Waals surface area contributed by atoms with Crippen LogP contribution in [0.5, 0.6) is 0 Å². The molecule has 0 spiro atoms. The molecule has 16 heavy (non-hydrogen) atoms. The van der Waals surface area contributed by atoms with Crippen LogP contribution in [0.25, 0.3) is 0 Å². The van der Waals surface area contributed by atoms with Gasteiger partial charge in [0.25, 0.3) is 0 Å². The number of rotatable bonds is 9. The Bertz CT molecular complexity index is 185. The zero-order valence-corrected chi connectivity index (χ0v) is 10.8. The Labute approximate surface area is 100 Å². The lowest BCUT2D eigenvalue weighted by Gasteiger charge is -2.08. The highest BCUT2D eigenvalue weighted by atomic mass is 16.1. The summed E-state index contributed by atoms with van der Waals surface area (Å²) >= 11 is 0. The van der Waals surface area contributed by atoms with Gasteiger partial charge < -0.3 is 5.32 Å². The molecule has 1 unspecified atom stereocenters. The van der Waals surface area contributed by atoms with Gasteiger partial charge in [-0.15, -0.1) is 0 Å². The van der Waals surface area contributed by atoms with E-state index in [1.807, 2.05) is 0 Å². The maximum Gasteiger partial charge on any atom is 0.149 e. The van der Waals surface area contributed by atoms with Crippen molar-refractivity contribution in [1.29, 1.82) is 0 Å². The summed E-state index contributed by atoms with van der Waals surface area (Å²) in [7, 11) is 0. The second-order valence-electron chi connectivity index (χ2n) is 4.99. The fourth-order valence-corrected chi connectivity index (χ4v) is 2.39. The lowest BCUT2D eigenvalue weighted by molar-refractivity contribution is -0.120. The van der Waals surface area contributed by atoms with Crippen LogP contribution in [0, 0.1) is 0 Å². The third kappa shape index (κ3) is 5.64. The van der Waals surface area contributed by atoms with E-state index in [9.17, 15) is 4.79 Å². The number of carbonyl (C=O) groups is 1. The predicted molar refractivity (Wildman–Crippen MR) is 68.6 cm³/mol. The average Bonchev–Trinajstić information content (AvgIpc) is 2.81. The molecule has 1 aliphatic heterocycles. The molecule has 2 nitrogen and oxygen atoms in total. The number of nitrogens with one attached hydrogen (secondary N) is 1. The Morgan fingerprint density at radius 2 is 1.81 bits per heavy atom. The van der Waals surface area contributed by atoms with Gasteiger partial charge in [-0.2, -0.15) is 0 Å². The van der Waals surface area contributed by atoms with Gasteiger partial charge >= 0.3 is 0 Å². The molecule has 1 N–H and O–H groups in total. The monoisotopic (exact) mass is 225 g/mol. The highest BCUT2D eigenvalue weighted by Gasteiger charge is 2.20. The van der Waals surface area contributed by atoms with Gasteiger partial charge in [0.15, 0.2) is 0 Å². The molecule has 1 heterocycles. The summed E-state index contributed by atoms with van der Waals surface area (Å²) < 4.78 is 0. The first-order valence-corrected chi connectivity index (χ1v) is 7.10. The Morgan fingerprint density at radius 1 is 1.12 bits per heavy atom. The topological polar surface area (TPSA) is 29.1 Å². The minimum Gasteiger partial charge on any atom is -0.307 e. The van der Waals surface area contributed by atoms with Crippen LogP contribution in [0.3, 0.4) is 0 Å². The maximum atomic E-state index is 11.7. The van der Waals surface area contributed by atoms with Crippen LogP contribution in [-0.4, -0.2) is 18.4 Å².